The molecule has 2 aromatic carbocycles. The van der Waals surface area contributed by atoms with Crippen molar-refractivity contribution in [2.45, 2.75) is 0 Å². The van der Waals surface area contributed by atoms with E-state index in [9.17, 15) is 9.18 Å². The molecule has 1 aliphatic rings. The second-order valence-electron chi connectivity index (χ2n) is 6.71. The highest BCUT2D eigenvalue weighted by Crippen LogP contribution is 2.27. The van der Waals surface area contributed by atoms with Crippen molar-refractivity contribution in [3.8, 4) is 11.3 Å². The van der Waals surface area contributed by atoms with Crippen LogP contribution >= 0.6 is 11.3 Å². The lowest BCUT2D eigenvalue weighted by Crippen LogP contribution is -2.34. The summed E-state index contributed by atoms with van der Waals surface area (Å²) in [7, 11) is 0. The first-order valence-corrected chi connectivity index (χ1v) is 10.1. The quantitative estimate of drug-likeness (QED) is 0.427. The van der Waals surface area contributed by atoms with Crippen LogP contribution in [0.3, 0.4) is 0 Å². The van der Waals surface area contributed by atoms with Crippen molar-refractivity contribution in [1.82, 2.24) is 21.2 Å². The number of hydrazine groups is 1. The number of rotatable bonds is 6. The van der Waals surface area contributed by atoms with E-state index in [2.05, 4.69) is 31.8 Å². The number of nitrogens with zero attached hydrogens (tertiary/aromatic N) is 1. The largest absolute Gasteiger partial charge is 0.337 e. The molecule has 1 aromatic heterocycles. The van der Waals surface area contributed by atoms with Crippen LogP contribution in [-0.2, 0) is 0 Å². The molecule has 150 valence electrons. The zero-order chi connectivity index (χ0) is 20.1. The highest BCUT2D eigenvalue weighted by atomic mass is 32.1. The Balaban J connectivity index is 1.31. The Labute approximate surface area is 171 Å². The summed E-state index contributed by atoms with van der Waals surface area (Å²) in [6.45, 7) is 2.31. The average molecular weight is 412 g/mol. The molecule has 2 heterocycles. The Kier molecular flexibility index (Phi) is 5.99. The number of aromatic nitrogens is 1. The first-order chi connectivity index (χ1) is 14.2. The van der Waals surface area contributed by atoms with Gasteiger partial charge in [-0.2, -0.15) is 0 Å². The Morgan fingerprint density at radius 2 is 1.90 bits per heavy atom. The van der Waals surface area contributed by atoms with Crippen LogP contribution in [0.2, 0.25) is 0 Å². The first-order valence-electron chi connectivity index (χ1n) is 9.25. The summed E-state index contributed by atoms with van der Waals surface area (Å²) < 4.78 is 13.4. The Hall–Kier alpha value is -3.01. The van der Waals surface area contributed by atoms with Gasteiger partial charge in [0, 0.05) is 47.9 Å². The molecule has 3 aromatic rings. The summed E-state index contributed by atoms with van der Waals surface area (Å²) in [6, 6.07) is 13.5. The lowest BCUT2D eigenvalue weighted by Gasteiger charge is -2.11. The molecule has 7 nitrogen and oxygen atoms in total. The minimum Gasteiger partial charge on any atom is -0.337 e. The molecule has 0 atom stereocenters. The third kappa shape index (κ3) is 5.29. The zero-order valence-electron chi connectivity index (χ0n) is 15.5. The van der Waals surface area contributed by atoms with E-state index >= 15 is 0 Å². The Morgan fingerprint density at radius 1 is 1.14 bits per heavy atom. The number of anilines is 3. The second-order valence-corrected chi connectivity index (χ2v) is 7.57. The highest BCUT2D eigenvalue weighted by Gasteiger charge is 2.14. The molecule has 29 heavy (non-hydrogen) atoms. The first kappa shape index (κ1) is 19.3. The topological polar surface area (TPSA) is 90.1 Å². The van der Waals surface area contributed by atoms with E-state index in [0.29, 0.717) is 23.3 Å². The third-order valence-corrected chi connectivity index (χ3v) is 5.23. The third-order valence-electron chi connectivity index (χ3n) is 4.48. The van der Waals surface area contributed by atoms with Gasteiger partial charge in [0.25, 0.3) is 0 Å². The maximum atomic E-state index is 13.4. The van der Waals surface area contributed by atoms with Crippen molar-refractivity contribution >= 4 is 33.9 Å². The monoisotopic (exact) mass is 412 g/mol. The van der Waals surface area contributed by atoms with Gasteiger partial charge in [-0.1, -0.05) is 12.1 Å². The van der Waals surface area contributed by atoms with E-state index in [1.807, 2.05) is 35.7 Å². The van der Waals surface area contributed by atoms with Crippen molar-refractivity contribution in [2.24, 2.45) is 5.92 Å². The van der Waals surface area contributed by atoms with Crippen molar-refractivity contribution in [1.29, 1.82) is 0 Å². The minimum atomic E-state index is -0.284. The number of amides is 2. The van der Waals surface area contributed by atoms with E-state index in [4.69, 9.17) is 0 Å². The summed E-state index contributed by atoms with van der Waals surface area (Å²) in [6.07, 6.45) is 0. The van der Waals surface area contributed by atoms with E-state index in [-0.39, 0.29) is 11.8 Å². The van der Waals surface area contributed by atoms with Gasteiger partial charge in [0.1, 0.15) is 5.82 Å². The van der Waals surface area contributed by atoms with Crippen LogP contribution < -0.4 is 26.8 Å². The molecule has 1 aliphatic heterocycles. The fourth-order valence-corrected chi connectivity index (χ4v) is 3.67. The van der Waals surface area contributed by atoms with Crippen LogP contribution in [0, 0.1) is 11.7 Å². The van der Waals surface area contributed by atoms with Crippen LogP contribution in [0.5, 0.6) is 0 Å². The van der Waals surface area contributed by atoms with Crippen molar-refractivity contribution in [3.05, 3.63) is 59.7 Å². The van der Waals surface area contributed by atoms with E-state index in [1.165, 1.54) is 23.5 Å². The molecule has 1 saturated heterocycles. The molecule has 0 bridgehead atoms. The molecule has 0 radical (unpaired) electrons. The van der Waals surface area contributed by atoms with Gasteiger partial charge in [-0.3, -0.25) is 10.9 Å². The predicted molar refractivity (Wildman–Crippen MR) is 114 cm³/mol. The van der Waals surface area contributed by atoms with Gasteiger partial charge in [0.2, 0.25) is 0 Å². The molecule has 0 spiro atoms. The molecule has 5 N–H and O–H groups in total. The van der Waals surface area contributed by atoms with Crippen LogP contribution in [-0.4, -0.2) is 30.6 Å². The normalized spacial score (nSPS) is 14.0. The lowest BCUT2D eigenvalue weighted by atomic mass is 10.2. The molecular weight excluding hydrogens is 391 g/mol. The molecule has 0 aliphatic carbocycles. The number of thiazole rings is 1. The maximum Gasteiger partial charge on any atom is 0.319 e. The summed E-state index contributed by atoms with van der Waals surface area (Å²) in [5, 5.41) is 11.5. The smallest absolute Gasteiger partial charge is 0.319 e. The van der Waals surface area contributed by atoms with Gasteiger partial charge in [-0.05, 0) is 36.4 Å². The van der Waals surface area contributed by atoms with Crippen LogP contribution in [0.25, 0.3) is 11.3 Å². The fraction of sp³-hybridized carbons (Fsp3) is 0.200. The minimum absolute atomic E-state index is 0.225. The number of hydrogen-bond acceptors (Lipinski definition) is 6. The number of carbonyl (C=O) groups excluding carboxylic acids is 1. The maximum absolute atomic E-state index is 13.4. The molecule has 4 rings (SSSR count). The molecule has 9 heteroatoms. The van der Waals surface area contributed by atoms with Gasteiger partial charge >= 0.3 is 6.03 Å². The van der Waals surface area contributed by atoms with E-state index in [0.717, 1.165) is 30.0 Å². The molecule has 1 fully saturated rings. The summed E-state index contributed by atoms with van der Waals surface area (Å²) in [5.41, 5.74) is 9.08. The highest BCUT2D eigenvalue weighted by molar-refractivity contribution is 7.14. The van der Waals surface area contributed by atoms with Gasteiger partial charge in [0.05, 0.1) is 5.69 Å². The van der Waals surface area contributed by atoms with E-state index in [1.54, 1.807) is 6.07 Å². The SMILES string of the molecule is O=C(NCC1CNNC1)Nc1ccc(Nc2nc(-c3cccc(F)c3)cs2)cc1. The van der Waals surface area contributed by atoms with E-state index < -0.39 is 0 Å². The van der Waals surface area contributed by atoms with Gasteiger partial charge in [-0.25, -0.2) is 14.2 Å². The second kappa shape index (κ2) is 8.99. The van der Waals surface area contributed by atoms with Gasteiger partial charge < -0.3 is 16.0 Å². The summed E-state index contributed by atoms with van der Waals surface area (Å²) in [5.74, 6) is 0.108. The molecule has 0 saturated carbocycles. The Morgan fingerprint density at radius 3 is 2.66 bits per heavy atom. The number of nitrogens with one attached hydrogen (secondary N) is 5. The standard InChI is InChI=1S/C20H21FN6OS/c21-15-3-1-2-14(8-15)18-12-29-20(27-18)26-17-6-4-16(5-7-17)25-19(28)22-9-13-10-23-24-11-13/h1-8,12-13,23-24H,9-11H2,(H,26,27)(H2,22,25,28). The predicted octanol–water partition coefficient (Wildman–Crippen LogP) is 3.54. The summed E-state index contributed by atoms with van der Waals surface area (Å²) >= 11 is 1.44. The molecule has 2 amide bonds. The molecular formula is C20H21FN6OS. The lowest BCUT2D eigenvalue weighted by molar-refractivity contribution is 0.250. The van der Waals surface area contributed by atoms with Crippen LogP contribution in [0.15, 0.2) is 53.9 Å². The summed E-state index contributed by atoms with van der Waals surface area (Å²) in [4.78, 5) is 16.5. The Bertz CT molecular complexity index is 971. The number of benzene rings is 2. The number of urea groups is 1. The van der Waals surface area contributed by atoms with Crippen molar-refractivity contribution in [3.63, 3.8) is 0 Å². The van der Waals surface area contributed by atoms with Crippen molar-refractivity contribution in [2.75, 3.05) is 30.3 Å². The fourth-order valence-electron chi connectivity index (χ4n) is 2.93. The van der Waals surface area contributed by atoms with Gasteiger partial charge in [-0.15, -0.1) is 11.3 Å². The van der Waals surface area contributed by atoms with Gasteiger partial charge in [0.15, 0.2) is 5.13 Å². The van der Waals surface area contributed by atoms with Crippen LogP contribution in [0.4, 0.5) is 25.7 Å². The number of halogens is 1. The number of hydrogen-bond donors (Lipinski definition) is 5. The number of carbonyl (C=O) groups is 1. The average Bonchev–Trinajstić information content (AvgIpc) is 3.40. The molecule has 0 unspecified atom stereocenters. The van der Waals surface area contributed by atoms with Crippen LogP contribution in [0.1, 0.15) is 0 Å². The van der Waals surface area contributed by atoms with Crippen molar-refractivity contribution < 1.29 is 9.18 Å². The zero-order valence-corrected chi connectivity index (χ0v) is 16.4.